The zero-order valence-electron chi connectivity index (χ0n) is 12.8. The van der Waals surface area contributed by atoms with Gasteiger partial charge in [-0.25, -0.2) is 4.98 Å². The van der Waals surface area contributed by atoms with Crippen LogP contribution in [0, 0.1) is 11.9 Å². The van der Waals surface area contributed by atoms with E-state index in [0.29, 0.717) is 37.1 Å². The summed E-state index contributed by atoms with van der Waals surface area (Å²) in [5.74, 6) is -0.203. The van der Waals surface area contributed by atoms with E-state index in [1.165, 1.54) is 0 Å². The van der Waals surface area contributed by atoms with Crippen LogP contribution in [0.3, 0.4) is 0 Å². The van der Waals surface area contributed by atoms with Crippen molar-refractivity contribution in [2.24, 2.45) is 5.92 Å². The van der Waals surface area contributed by atoms with E-state index in [0.717, 1.165) is 23.8 Å². The van der Waals surface area contributed by atoms with Gasteiger partial charge in [0.15, 0.2) is 0 Å². The van der Waals surface area contributed by atoms with Crippen LogP contribution >= 0.6 is 0 Å². The molecule has 3 rings (SSSR count). The monoisotopic (exact) mass is 317 g/mol. The van der Waals surface area contributed by atoms with Gasteiger partial charge in [-0.3, -0.25) is 4.79 Å². The van der Waals surface area contributed by atoms with Crippen LogP contribution in [0.1, 0.15) is 24.0 Å². The molecule has 5 nitrogen and oxygen atoms in total. The number of carbonyl (C=O) groups is 1. The first-order valence-electron chi connectivity index (χ1n) is 7.81. The number of benzene rings is 1. The fourth-order valence-corrected chi connectivity index (χ4v) is 2.82. The Balaban J connectivity index is 1.71. The fourth-order valence-electron chi connectivity index (χ4n) is 2.82. The van der Waals surface area contributed by atoms with Gasteiger partial charge in [0.2, 0.25) is 12.4 Å². The van der Waals surface area contributed by atoms with E-state index in [-0.39, 0.29) is 12.0 Å². The number of rotatable bonds is 7. The van der Waals surface area contributed by atoms with E-state index < -0.39 is 5.95 Å². The van der Waals surface area contributed by atoms with Crippen LogP contribution in [-0.4, -0.2) is 29.1 Å². The highest BCUT2D eigenvalue weighted by atomic mass is 19.1. The number of fused-ring (bicyclic) bond motifs is 1. The molecule has 1 aliphatic rings. The number of hydrogen-bond acceptors (Lipinski definition) is 4. The first-order valence-corrected chi connectivity index (χ1v) is 7.81. The normalized spacial score (nSPS) is 20.3. The number of nitrogens with one attached hydrogen (secondary N) is 2. The van der Waals surface area contributed by atoms with Crippen molar-refractivity contribution in [1.29, 1.82) is 0 Å². The number of hydrogen-bond donors (Lipinski definition) is 3. The lowest BCUT2D eigenvalue weighted by atomic mass is 9.82. The maximum atomic E-state index is 14.1. The van der Waals surface area contributed by atoms with Crippen LogP contribution in [0.15, 0.2) is 24.3 Å². The fraction of sp³-hybridized carbons (Fsp3) is 0.412. The number of nitrogens with zero attached hydrogens (tertiary/aromatic N) is 1. The summed E-state index contributed by atoms with van der Waals surface area (Å²) in [6, 6.07) is 7.26. The van der Waals surface area contributed by atoms with Crippen molar-refractivity contribution in [2.45, 2.75) is 32.0 Å². The number of halogens is 1. The number of aliphatic hydroxyl groups is 1. The third kappa shape index (κ3) is 3.65. The maximum absolute atomic E-state index is 14.1. The molecule has 2 aromatic rings. The van der Waals surface area contributed by atoms with Crippen molar-refractivity contribution >= 4 is 17.3 Å². The molecule has 23 heavy (non-hydrogen) atoms. The van der Waals surface area contributed by atoms with Crippen LogP contribution < -0.4 is 10.6 Å². The predicted molar refractivity (Wildman–Crippen MR) is 85.0 cm³/mol. The second kappa shape index (κ2) is 7.02. The van der Waals surface area contributed by atoms with Crippen molar-refractivity contribution in [3.8, 4) is 0 Å². The van der Waals surface area contributed by atoms with Crippen LogP contribution in [0.5, 0.6) is 0 Å². The molecular formula is C17H20FN3O2. The minimum absolute atomic E-state index is 0.227. The number of carbonyl (C=O) groups excluding carboxylic acids is 1. The van der Waals surface area contributed by atoms with Gasteiger partial charge in [0.1, 0.15) is 0 Å². The molecule has 0 radical (unpaired) electrons. The minimum atomic E-state index is -0.474. The molecule has 3 N–H and O–H groups in total. The second-order valence-corrected chi connectivity index (χ2v) is 6.00. The van der Waals surface area contributed by atoms with Crippen molar-refractivity contribution < 1.29 is 14.3 Å². The first-order chi connectivity index (χ1) is 11.2. The highest BCUT2D eigenvalue weighted by Gasteiger charge is 2.28. The van der Waals surface area contributed by atoms with Crippen LogP contribution in [0.25, 0.3) is 10.9 Å². The molecule has 1 aromatic carbocycles. The van der Waals surface area contributed by atoms with Gasteiger partial charge in [0, 0.05) is 30.6 Å². The topological polar surface area (TPSA) is 74.2 Å². The molecule has 0 saturated heterocycles. The lowest BCUT2D eigenvalue weighted by Gasteiger charge is -2.32. The molecule has 122 valence electrons. The van der Waals surface area contributed by atoms with Crippen molar-refractivity contribution in [3.05, 3.63) is 41.3 Å². The van der Waals surface area contributed by atoms with E-state index in [9.17, 15) is 14.3 Å². The summed E-state index contributed by atoms with van der Waals surface area (Å²) in [4.78, 5) is 14.4. The standard InChI is InChI=1S/C17H20FN3O2/c18-17-14(9-19-8-12-2-4-16(12)23)6-13-5-11(7-20-10-22)1-3-15(13)21-17/h1,3,5-6,10,12,16,19,23H,2,4,7-9H2,(H,20,22). The quantitative estimate of drug-likeness (QED) is 0.534. The third-order valence-electron chi connectivity index (χ3n) is 4.39. The molecule has 6 heteroatoms. The first kappa shape index (κ1) is 15.8. The highest BCUT2D eigenvalue weighted by molar-refractivity contribution is 5.79. The van der Waals surface area contributed by atoms with E-state index in [1.54, 1.807) is 12.1 Å². The number of pyridine rings is 1. The summed E-state index contributed by atoms with van der Waals surface area (Å²) in [6.45, 7) is 1.50. The van der Waals surface area contributed by atoms with E-state index >= 15 is 0 Å². The molecule has 1 saturated carbocycles. The van der Waals surface area contributed by atoms with Gasteiger partial charge in [-0.2, -0.15) is 4.39 Å². The summed E-state index contributed by atoms with van der Waals surface area (Å²) < 4.78 is 14.1. The Hall–Kier alpha value is -2.05. The Morgan fingerprint density at radius 1 is 1.30 bits per heavy atom. The van der Waals surface area contributed by atoms with Gasteiger partial charge in [-0.1, -0.05) is 6.07 Å². The molecule has 0 spiro atoms. The highest BCUT2D eigenvalue weighted by Crippen LogP contribution is 2.26. The summed E-state index contributed by atoms with van der Waals surface area (Å²) >= 11 is 0. The molecule has 1 aromatic heterocycles. The maximum Gasteiger partial charge on any atom is 0.217 e. The van der Waals surface area contributed by atoms with Crippen LogP contribution in [0.4, 0.5) is 4.39 Å². The summed E-state index contributed by atoms with van der Waals surface area (Å²) in [5, 5.41) is 16.2. The molecular weight excluding hydrogens is 297 g/mol. The van der Waals surface area contributed by atoms with E-state index in [4.69, 9.17) is 0 Å². The Morgan fingerprint density at radius 3 is 2.87 bits per heavy atom. The van der Waals surface area contributed by atoms with Crippen molar-refractivity contribution in [2.75, 3.05) is 6.54 Å². The minimum Gasteiger partial charge on any atom is -0.393 e. The number of amides is 1. The second-order valence-electron chi connectivity index (χ2n) is 6.00. The molecule has 2 unspecified atom stereocenters. The molecule has 0 aliphatic heterocycles. The Morgan fingerprint density at radius 2 is 2.17 bits per heavy atom. The summed E-state index contributed by atoms with van der Waals surface area (Å²) in [7, 11) is 0. The van der Waals surface area contributed by atoms with Crippen molar-refractivity contribution in [3.63, 3.8) is 0 Å². The lowest BCUT2D eigenvalue weighted by molar-refractivity contribution is -0.109. The zero-order valence-corrected chi connectivity index (χ0v) is 12.8. The number of aromatic nitrogens is 1. The van der Waals surface area contributed by atoms with Crippen LogP contribution in [0.2, 0.25) is 0 Å². The molecule has 1 aliphatic carbocycles. The molecule has 1 amide bonds. The Labute approximate surface area is 133 Å². The molecule has 1 heterocycles. The predicted octanol–water partition coefficient (Wildman–Crippen LogP) is 1.48. The smallest absolute Gasteiger partial charge is 0.217 e. The van der Waals surface area contributed by atoms with E-state index in [1.807, 2.05) is 12.1 Å². The lowest BCUT2D eigenvalue weighted by Crippen LogP contribution is -2.38. The van der Waals surface area contributed by atoms with Gasteiger partial charge < -0.3 is 15.7 Å². The zero-order chi connectivity index (χ0) is 16.2. The van der Waals surface area contributed by atoms with Gasteiger partial charge in [0.25, 0.3) is 0 Å². The number of aliphatic hydroxyl groups excluding tert-OH is 1. The van der Waals surface area contributed by atoms with E-state index in [2.05, 4.69) is 15.6 Å². The Kier molecular flexibility index (Phi) is 4.83. The Bertz CT molecular complexity index is 708. The summed E-state index contributed by atoms with van der Waals surface area (Å²) in [5.41, 5.74) is 2.04. The van der Waals surface area contributed by atoms with Crippen LogP contribution in [-0.2, 0) is 17.9 Å². The summed E-state index contributed by atoms with van der Waals surface area (Å²) in [6.07, 6.45) is 2.29. The van der Waals surface area contributed by atoms with Gasteiger partial charge in [-0.05, 0) is 42.5 Å². The molecule has 2 atom stereocenters. The van der Waals surface area contributed by atoms with Gasteiger partial charge >= 0.3 is 0 Å². The van der Waals surface area contributed by atoms with Crippen molar-refractivity contribution in [1.82, 2.24) is 15.6 Å². The van der Waals surface area contributed by atoms with Gasteiger partial charge in [-0.15, -0.1) is 0 Å². The van der Waals surface area contributed by atoms with Gasteiger partial charge in [0.05, 0.1) is 11.6 Å². The third-order valence-corrected chi connectivity index (χ3v) is 4.39. The largest absolute Gasteiger partial charge is 0.393 e. The molecule has 1 fully saturated rings. The molecule has 0 bridgehead atoms. The SMILES string of the molecule is O=CNCc1ccc2nc(F)c(CNCC3CCC3O)cc2c1. The average Bonchev–Trinajstić information content (AvgIpc) is 2.55. The average molecular weight is 317 g/mol.